The fraction of sp³-hybridized carbons (Fsp3) is 0.760. The Labute approximate surface area is 200 Å². The largest absolute Gasteiger partial charge is 0.497 e. The molecule has 0 radical (unpaired) electrons. The van der Waals surface area contributed by atoms with Crippen LogP contribution in [0.5, 0.6) is 5.75 Å². The fourth-order valence-corrected chi connectivity index (χ4v) is 9.10. The van der Waals surface area contributed by atoms with E-state index in [1.54, 1.807) is 7.11 Å². The standard InChI is InChI=1S/C25H41Cl2NO2Si/c1-5-31(6-2,7-3)30-23(24-21(26)15-20(29-4)16-22(24)27)18-28-17-19-9-13-25(14-10-19)11-8-12-25/h15-16,19,23,28H,5-14,17-18H2,1-4H3. The number of halogens is 2. The second kappa shape index (κ2) is 11.2. The lowest BCUT2D eigenvalue weighted by Crippen LogP contribution is -2.41. The van der Waals surface area contributed by atoms with E-state index in [1.165, 1.54) is 44.9 Å². The third-order valence-corrected chi connectivity index (χ3v) is 13.6. The van der Waals surface area contributed by atoms with E-state index in [0.717, 1.165) is 48.1 Å². The first kappa shape index (κ1) is 25.4. The molecule has 0 amide bonds. The molecule has 1 aromatic rings. The molecule has 6 heteroatoms. The van der Waals surface area contributed by atoms with E-state index >= 15 is 0 Å². The normalized spacial score (nSPS) is 19.9. The Balaban J connectivity index is 1.69. The Hall–Kier alpha value is -0.263. The molecule has 176 valence electrons. The highest BCUT2D eigenvalue weighted by atomic mass is 35.5. The smallest absolute Gasteiger partial charge is 0.192 e. The highest BCUT2D eigenvalue weighted by molar-refractivity contribution is 6.73. The molecule has 0 aromatic heterocycles. The Kier molecular flexibility index (Phi) is 9.20. The Morgan fingerprint density at radius 2 is 1.61 bits per heavy atom. The number of ether oxygens (including phenoxy) is 1. The lowest BCUT2D eigenvalue weighted by molar-refractivity contribution is 0.0546. The average Bonchev–Trinajstić information content (AvgIpc) is 2.76. The number of benzene rings is 1. The van der Waals surface area contributed by atoms with Crippen molar-refractivity contribution in [1.82, 2.24) is 5.32 Å². The predicted octanol–water partition coefficient (Wildman–Crippen LogP) is 8.02. The maximum absolute atomic E-state index is 6.92. The SMILES string of the molecule is CC[Si](CC)(CC)OC(CNCC1CCC2(CCC2)CC1)c1c(Cl)cc(OC)cc1Cl. The molecule has 2 aliphatic rings. The second-order valence-electron chi connectivity index (χ2n) is 9.81. The van der Waals surface area contributed by atoms with Crippen LogP contribution in [0.3, 0.4) is 0 Å². The van der Waals surface area contributed by atoms with E-state index in [4.69, 9.17) is 32.4 Å². The molecule has 1 aromatic carbocycles. The van der Waals surface area contributed by atoms with Gasteiger partial charge in [-0.3, -0.25) is 0 Å². The van der Waals surface area contributed by atoms with Crippen LogP contribution in [0.25, 0.3) is 0 Å². The van der Waals surface area contributed by atoms with Crippen LogP contribution in [0, 0.1) is 11.3 Å². The lowest BCUT2D eigenvalue weighted by atomic mass is 9.59. The summed E-state index contributed by atoms with van der Waals surface area (Å²) in [6, 6.07) is 7.02. The Bertz CT molecular complexity index is 680. The van der Waals surface area contributed by atoms with Crippen molar-refractivity contribution in [3.05, 3.63) is 27.7 Å². The fourth-order valence-electron chi connectivity index (χ4n) is 5.58. The quantitative estimate of drug-likeness (QED) is 0.321. The molecule has 3 rings (SSSR count). The minimum atomic E-state index is -1.83. The van der Waals surface area contributed by atoms with Gasteiger partial charge in [-0.15, -0.1) is 0 Å². The maximum Gasteiger partial charge on any atom is 0.192 e. The molecule has 2 saturated carbocycles. The monoisotopic (exact) mass is 485 g/mol. The van der Waals surface area contributed by atoms with Crippen molar-refractivity contribution in [3.8, 4) is 5.75 Å². The Morgan fingerprint density at radius 3 is 2.06 bits per heavy atom. The van der Waals surface area contributed by atoms with Gasteiger partial charge in [0, 0.05) is 12.1 Å². The predicted molar refractivity (Wildman–Crippen MR) is 135 cm³/mol. The summed E-state index contributed by atoms with van der Waals surface area (Å²) < 4.78 is 12.3. The minimum Gasteiger partial charge on any atom is -0.497 e. The van der Waals surface area contributed by atoms with E-state index in [1.807, 2.05) is 12.1 Å². The molecule has 1 spiro atoms. The van der Waals surface area contributed by atoms with Crippen LogP contribution in [0.2, 0.25) is 28.2 Å². The van der Waals surface area contributed by atoms with Crippen molar-refractivity contribution in [1.29, 1.82) is 0 Å². The molecule has 3 nitrogen and oxygen atoms in total. The molecule has 0 aliphatic heterocycles. The average molecular weight is 487 g/mol. The van der Waals surface area contributed by atoms with E-state index < -0.39 is 8.32 Å². The van der Waals surface area contributed by atoms with Crippen LogP contribution >= 0.6 is 23.2 Å². The summed E-state index contributed by atoms with van der Waals surface area (Å²) in [7, 11) is -0.188. The summed E-state index contributed by atoms with van der Waals surface area (Å²) >= 11 is 13.4. The van der Waals surface area contributed by atoms with Gasteiger partial charge in [-0.05, 0) is 86.7 Å². The van der Waals surface area contributed by atoms with E-state index in [0.29, 0.717) is 15.8 Å². The highest BCUT2D eigenvalue weighted by Crippen LogP contribution is 2.52. The van der Waals surface area contributed by atoms with Gasteiger partial charge >= 0.3 is 0 Å². The molecular weight excluding hydrogens is 445 g/mol. The van der Waals surface area contributed by atoms with Crippen LogP contribution in [0.4, 0.5) is 0 Å². The third kappa shape index (κ3) is 6.00. The van der Waals surface area contributed by atoms with Crippen LogP contribution in [-0.2, 0) is 4.43 Å². The molecule has 1 unspecified atom stereocenters. The van der Waals surface area contributed by atoms with E-state index in [9.17, 15) is 0 Å². The molecule has 31 heavy (non-hydrogen) atoms. The van der Waals surface area contributed by atoms with E-state index in [-0.39, 0.29) is 6.10 Å². The molecule has 2 fully saturated rings. The second-order valence-corrected chi connectivity index (χ2v) is 15.3. The van der Waals surface area contributed by atoms with Crippen LogP contribution in [0.1, 0.15) is 77.4 Å². The molecule has 0 heterocycles. The molecule has 0 bridgehead atoms. The van der Waals surface area contributed by atoms with Crippen LogP contribution in [-0.4, -0.2) is 28.5 Å². The van der Waals surface area contributed by atoms with Gasteiger partial charge < -0.3 is 14.5 Å². The van der Waals surface area contributed by atoms with Gasteiger partial charge in [0.15, 0.2) is 8.32 Å². The van der Waals surface area contributed by atoms with Crippen molar-refractivity contribution in [3.63, 3.8) is 0 Å². The number of rotatable bonds is 11. The summed E-state index contributed by atoms with van der Waals surface area (Å²) in [5, 5.41) is 5.01. The first-order valence-corrected chi connectivity index (χ1v) is 15.6. The van der Waals surface area contributed by atoms with Gasteiger partial charge in [0.2, 0.25) is 0 Å². The van der Waals surface area contributed by atoms with Gasteiger partial charge in [-0.1, -0.05) is 50.4 Å². The Morgan fingerprint density at radius 1 is 1.03 bits per heavy atom. The summed E-state index contributed by atoms with van der Waals surface area (Å²) in [5.74, 6) is 1.46. The minimum absolute atomic E-state index is 0.126. The maximum atomic E-state index is 6.92. The number of nitrogens with one attached hydrogen (secondary N) is 1. The van der Waals surface area contributed by atoms with Gasteiger partial charge in [-0.2, -0.15) is 0 Å². The summed E-state index contributed by atoms with van der Waals surface area (Å²) in [6.07, 6.45) is 9.83. The summed E-state index contributed by atoms with van der Waals surface area (Å²) in [6.45, 7) is 8.60. The molecule has 0 saturated heterocycles. The van der Waals surface area contributed by atoms with Gasteiger partial charge in [0.05, 0.1) is 23.3 Å². The molecule has 1 N–H and O–H groups in total. The van der Waals surface area contributed by atoms with Crippen molar-refractivity contribution in [2.45, 2.75) is 90.0 Å². The molecular formula is C25H41Cl2NO2Si. The first-order valence-electron chi connectivity index (χ1n) is 12.3. The van der Waals surface area contributed by atoms with Crippen molar-refractivity contribution in [2.75, 3.05) is 20.2 Å². The van der Waals surface area contributed by atoms with Crippen molar-refractivity contribution < 1.29 is 9.16 Å². The zero-order valence-corrected chi connectivity index (χ0v) is 22.4. The summed E-state index contributed by atoms with van der Waals surface area (Å²) in [5.41, 5.74) is 1.63. The molecule has 1 atom stereocenters. The highest BCUT2D eigenvalue weighted by Gasteiger charge is 2.40. The van der Waals surface area contributed by atoms with Crippen LogP contribution < -0.4 is 10.1 Å². The topological polar surface area (TPSA) is 30.5 Å². The van der Waals surface area contributed by atoms with Gasteiger partial charge in [0.1, 0.15) is 5.75 Å². The number of methoxy groups -OCH3 is 1. The number of hydrogen-bond donors (Lipinski definition) is 1. The first-order chi connectivity index (χ1) is 14.9. The zero-order valence-electron chi connectivity index (χ0n) is 19.9. The third-order valence-electron chi connectivity index (χ3n) is 8.28. The van der Waals surface area contributed by atoms with Gasteiger partial charge in [0.25, 0.3) is 0 Å². The summed E-state index contributed by atoms with van der Waals surface area (Å²) in [4.78, 5) is 0. The zero-order chi connectivity index (χ0) is 22.5. The van der Waals surface area contributed by atoms with Gasteiger partial charge in [-0.25, -0.2) is 0 Å². The van der Waals surface area contributed by atoms with Crippen LogP contribution in [0.15, 0.2) is 12.1 Å². The van der Waals surface area contributed by atoms with Crippen molar-refractivity contribution in [2.24, 2.45) is 11.3 Å². The van der Waals surface area contributed by atoms with E-state index in [2.05, 4.69) is 26.1 Å². The lowest BCUT2D eigenvalue weighted by Gasteiger charge is -2.47. The number of hydrogen-bond acceptors (Lipinski definition) is 3. The van der Waals surface area contributed by atoms with Crippen molar-refractivity contribution >= 4 is 31.5 Å². The molecule has 2 aliphatic carbocycles.